The molecule has 0 bridgehead atoms. The maximum absolute atomic E-state index is 11.5. The van der Waals surface area contributed by atoms with Crippen molar-refractivity contribution in [1.82, 2.24) is 4.57 Å². The molecule has 0 amide bonds. The molecule has 0 N–H and O–H groups in total. The van der Waals surface area contributed by atoms with Gasteiger partial charge in [0.05, 0.1) is 12.7 Å². The van der Waals surface area contributed by atoms with Gasteiger partial charge in [0.15, 0.2) is 0 Å². The number of rotatable bonds is 6. The van der Waals surface area contributed by atoms with Crippen LogP contribution in [-0.4, -0.2) is 23.5 Å². The van der Waals surface area contributed by atoms with Crippen LogP contribution in [0.1, 0.15) is 28.0 Å². The molecule has 0 atom stereocenters. The van der Waals surface area contributed by atoms with Gasteiger partial charge in [0.2, 0.25) is 0 Å². The third kappa shape index (κ3) is 3.56. The Morgan fingerprint density at radius 3 is 2.42 bits per heavy atom. The molecular formula is C21H22ClNO3. The summed E-state index contributed by atoms with van der Waals surface area (Å²) in [7, 11) is 1.37. The molecule has 0 unspecified atom stereocenters. The third-order valence-corrected chi connectivity index (χ3v) is 4.90. The fourth-order valence-corrected chi connectivity index (χ4v) is 3.23. The first-order chi connectivity index (χ1) is 12.5. The quantitative estimate of drug-likeness (QED) is 0.426. The van der Waals surface area contributed by atoms with Crippen molar-refractivity contribution in [1.29, 1.82) is 0 Å². The minimum atomic E-state index is -0.359. The molecule has 0 aliphatic rings. The lowest BCUT2D eigenvalue weighted by Gasteiger charge is -2.09. The van der Waals surface area contributed by atoms with Crippen LogP contribution in [0.3, 0.4) is 0 Å². The van der Waals surface area contributed by atoms with Crippen LogP contribution in [0.25, 0.3) is 10.9 Å². The monoisotopic (exact) mass is 371 g/mol. The highest BCUT2D eigenvalue weighted by Gasteiger charge is 2.12. The maximum atomic E-state index is 11.5. The zero-order valence-corrected chi connectivity index (χ0v) is 16.0. The molecule has 2 aromatic carbocycles. The highest BCUT2D eigenvalue weighted by Crippen LogP contribution is 2.31. The van der Waals surface area contributed by atoms with Crippen LogP contribution in [-0.2, 0) is 11.3 Å². The Bertz CT molecular complexity index is 929. The highest BCUT2D eigenvalue weighted by atomic mass is 35.5. The van der Waals surface area contributed by atoms with Crippen molar-refractivity contribution < 1.29 is 14.3 Å². The van der Waals surface area contributed by atoms with E-state index in [4.69, 9.17) is 21.1 Å². The van der Waals surface area contributed by atoms with Gasteiger partial charge in [-0.05, 0) is 68.3 Å². The van der Waals surface area contributed by atoms with Crippen molar-refractivity contribution >= 4 is 28.5 Å². The second kappa shape index (κ2) is 7.83. The van der Waals surface area contributed by atoms with Crippen LogP contribution < -0.4 is 4.74 Å². The molecule has 0 aliphatic carbocycles. The summed E-state index contributed by atoms with van der Waals surface area (Å²) in [5.74, 6) is 1.73. The van der Waals surface area contributed by atoms with Gasteiger partial charge in [-0.15, -0.1) is 11.6 Å². The first-order valence-corrected chi connectivity index (χ1v) is 9.10. The van der Waals surface area contributed by atoms with Gasteiger partial charge in [0.1, 0.15) is 11.5 Å². The summed E-state index contributed by atoms with van der Waals surface area (Å²) in [6, 6.07) is 13.0. The van der Waals surface area contributed by atoms with Gasteiger partial charge in [-0.25, -0.2) is 4.79 Å². The molecule has 26 heavy (non-hydrogen) atoms. The molecular weight excluding hydrogens is 350 g/mol. The molecule has 5 heteroatoms. The summed E-state index contributed by atoms with van der Waals surface area (Å²) in [5, 5.41) is 1.18. The number of aromatic nitrogens is 1. The molecule has 0 radical (unpaired) electrons. The summed E-state index contributed by atoms with van der Waals surface area (Å²) in [6.45, 7) is 5.17. The van der Waals surface area contributed by atoms with E-state index in [0.29, 0.717) is 17.2 Å². The van der Waals surface area contributed by atoms with Crippen LogP contribution in [0.15, 0.2) is 42.5 Å². The number of aryl methyl sites for hydroxylation is 2. The third-order valence-electron chi connectivity index (χ3n) is 4.64. The number of benzene rings is 2. The number of methoxy groups -OCH3 is 1. The number of carbonyl (C=O) groups excluding carboxylic acids is 1. The van der Waals surface area contributed by atoms with E-state index in [0.717, 1.165) is 18.7 Å². The Morgan fingerprint density at radius 1 is 1.08 bits per heavy atom. The second-order valence-corrected chi connectivity index (χ2v) is 6.58. The summed E-state index contributed by atoms with van der Waals surface area (Å²) in [4.78, 5) is 11.5. The van der Waals surface area contributed by atoms with Gasteiger partial charge in [-0.1, -0.05) is 0 Å². The summed E-state index contributed by atoms with van der Waals surface area (Å²) < 4.78 is 13.0. The predicted molar refractivity (Wildman–Crippen MR) is 105 cm³/mol. The van der Waals surface area contributed by atoms with Gasteiger partial charge >= 0.3 is 5.97 Å². The van der Waals surface area contributed by atoms with Gasteiger partial charge in [0, 0.05) is 29.0 Å². The van der Waals surface area contributed by atoms with Crippen LogP contribution in [0.4, 0.5) is 0 Å². The minimum absolute atomic E-state index is 0.359. The smallest absolute Gasteiger partial charge is 0.337 e. The van der Waals surface area contributed by atoms with Crippen LogP contribution in [0.5, 0.6) is 11.5 Å². The zero-order chi connectivity index (χ0) is 18.7. The number of carbonyl (C=O) groups is 1. The topological polar surface area (TPSA) is 40.5 Å². The zero-order valence-electron chi connectivity index (χ0n) is 15.2. The number of nitrogens with zero attached hydrogens (tertiary/aromatic N) is 1. The van der Waals surface area contributed by atoms with E-state index in [2.05, 4.69) is 30.5 Å². The van der Waals surface area contributed by atoms with Crippen molar-refractivity contribution in [2.24, 2.45) is 0 Å². The van der Waals surface area contributed by atoms with Crippen molar-refractivity contribution in [3.8, 4) is 11.5 Å². The lowest BCUT2D eigenvalue weighted by molar-refractivity contribution is 0.0600. The molecule has 0 aliphatic heterocycles. The van der Waals surface area contributed by atoms with E-state index in [1.807, 2.05) is 6.07 Å². The molecule has 3 aromatic rings. The second-order valence-electron chi connectivity index (χ2n) is 6.20. The number of fused-ring (bicyclic) bond motifs is 1. The van der Waals surface area contributed by atoms with Crippen LogP contribution in [0, 0.1) is 13.8 Å². The minimum Gasteiger partial charge on any atom is -0.465 e. The van der Waals surface area contributed by atoms with Crippen molar-refractivity contribution in [2.75, 3.05) is 13.0 Å². The van der Waals surface area contributed by atoms with Gasteiger partial charge < -0.3 is 14.0 Å². The van der Waals surface area contributed by atoms with Gasteiger partial charge in [-0.2, -0.15) is 0 Å². The summed E-state index contributed by atoms with van der Waals surface area (Å²) >= 11 is 5.85. The van der Waals surface area contributed by atoms with E-state index in [1.54, 1.807) is 24.3 Å². The number of hydrogen-bond acceptors (Lipinski definition) is 3. The first-order valence-electron chi connectivity index (χ1n) is 8.56. The van der Waals surface area contributed by atoms with Crippen LogP contribution in [0.2, 0.25) is 0 Å². The number of alkyl halides is 1. The summed E-state index contributed by atoms with van der Waals surface area (Å²) in [5.41, 5.74) is 4.20. The standard InChI is InChI=1S/C21H22ClNO3/c1-14-15(2)23(12-4-11-22)20-10-9-18(13-19(14)20)26-17-7-5-16(6-8-17)21(24)25-3/h5-10,13H,4,11-12H2,1-3H3. The lowest BCUT2D eigenvalue weighted by Crippen LogP contribution is -2.01. The van der Waals surface area contributed by atoms with E-state index in [-0.39, 0.29) is 5.97 Å². The molecule has 0 fully saturated rings. The molecule has 4 nitrogen and oxygen atoms in total. The molecule has 1 heterocycles. The Balaban J connectivity index is 1.87. The Morgan fingerprint density at radius 2 is 1.77 bits per heavy atom. The number of hydrogen-bond donors (Lipinski definition) is 0. The Hall–Kier alpha value is -2.46. The van der Waals surface area contributed by atoms with Crippen molar-refractivity contribution in [3.63, 3.8) is 0 Å². The molecule has 1 aromatic heterocycles. The van der Waals surface area contributed by atoms with E-state index >= 15 is 0 Å². The fourth-order valence-electron chi connectivity index (χ4n) is 3.11. The Labute approximate surface area is 158 Å². The van der Waals surface area contributed by atoms with Gasteiger partial charge in [-0.3, -0.25) is 0 Å². The van der Waals surface area contributed by atoms with Crippen molar-refractivity contribution in [2.45, 2.75) is 26.8 Å². The largest absolute Gasteiger partial charge is 0.465 e. The average Bonchev–Trinajstić information content (AvgIpc) is 2.90. The van der Waals surface area contributed by atoms with E-state index in [9.17, 15) is 4.79 Å². The fraction of sp³-hybridized carbons (Fsp3) is 0.286. The predicted octanol–water partition coefficient (Wildman–Crippen LogP) is 5.47. The molecule has 0 saturated heterocycles. The van der Waals surface area contributed by atoms with E-state index in [1.165, 1.54) is 29.3 Å². The SMILES string of the molecule is COC(=O)c1ccc(Oc2ccc3c(c2)c(C)c(C)n3CCCCl)cc1. The molecule has 3 rings (SSSR count). The maximum Gasteiger partial charge on any atom is 0.337 e. The van der Waals surface area contributed by atoms with E-state index < -0.39 is 0 Å². The normalized spacial score (nSPS) is 10.9. The molecule has 136 valence electrons. The first kappa shape index (κ1) is 18.3. The molecule has 0 saturated carbocycles. The number of ether oxygens (including phenoxy) is 2. The average molecular weight is 372 g/mol. The van der Waals surface area contributed by atoms with Crippen molar-refractivity contribution in [3.05, 3.63) is 59.3 Å². The highest BCUT2D eigenvalue weighted by molar-refractivity contribution is 6.17. The van der Waals surface area contributed by atoms with Gasteiger partial charge in [0.25, 0.3) is 0 Å². The number of esters is 1. The van der Waals surface area contributed by atoms with Crippen LogP contribution >= 0.6 is 11.6 Å². The molecule has 0 spiro atoms. The lowest BCUT2D eigenvalue weighted by atomic mass is 10.1. The Kier molecular flexibility index (Phi) is 5.52. The number of halogens is 1. The summed E-state index contributed by atoms with van der Waals surface area (Å²) in [6.07, 6.45) is 0.941.